The summed E-state index contributed by atoms with van der Waals surface area (Å²) in [7, 11) is -2.62. The van der Waals surface area contributed by atoms with E-state index >= 15 is 0 Å². The Morgan fingerprint density at radius 1 is 1.35 bits per heavy atom. The molecule has 0 saturated carbocycles. The molecule has 1 rings (SSSR count). The van der Waals surface area contributed by atoms with E-state index in [4.69, 9.17) is 5.11 Å². The van der Waals surface area contributed by atoms with Gasteiger partial charge in [0.25, 0.3) is 0 Å². The fourth-order valence-electron chi connectivity index (χ4n) is 1.38. The predicted molar refractivity (Wildman–Crippen MR) is 75.1 cm³/mol. The van der Waals surface area contributed by atoms with Crippen LogP contribution < -0.4 is 10.0 Å². The molecule has 0 aliphatic carbocycles. The number of hydrogen-bond donors (Lipinski definition) is 3. The number of carboxylic acids is 1. The standard InChI is InChI=1S/C11H13BrN2O5S/c1-6-3-7(11(16)17)4-8(10(6)12)20(18,19)14-5-9(15)13-2/h3-4,14H,5H2,1-2H3,(H,13,15)(H,16,17). The van der Waals surface area contributed by atoms with Crippen molar-refractivity contribution < 1.29 is 23.1 Å². The monoisotopic (exact) mass is 364 g/mol. The molecule has 1 aromatic rings. The number of amides is 1. The second-order valence-electron chi connectivity index (χ2n) is 3.91. The van der Waals surface area contributed by atoms with Crippen LogP contribution >= 0.6 is 15.9 Å². The molecule has 0 atom stereocenters. The number of carbonyl (C=O) groups excluding carboxylic acids is 1. The lowest BCUT2D eigenvalue weighted by atomic mass is 10.1. The molecular weight excluding hydrogens is 352 g/mol. The smallest absolute Gasteiger partial charge is 0.335 e. The number of sulfonamides is 1. The van der Waals surface area contributed by atoms with Gasteiger partial charge in [-0.3, -0.25) is 4.79 Å². The Morgan fingerprint density at radius 2 is 1.95 bits per heavy atom. The molecule has 0 saturated heterocycles. The number of hydrogen-bond acceptors (Lipinski definition) is 4. The van der Waals surface area contributed by atoms with Crippen LogP contribution in [0.2, 0.25) is 0 Å². The highest BCUT2D eigenvalue weighted by Gasteiger charge is 2.22. The SMILES string of the molecule is CNC(=O)CNS(=O)(=O)c1cc(C(=O)O)cc(C)c1Br. The van der Waals surface area contributed by atoms with E-state index in [0.29, 0.717) is 5.56 Å². The summed E-state index contributed by atoms with van der Waals surface area (Å²) in [5, 5.41) is 11.2. The maximum Gasteiger partial charge on any atom is 0.335 e. The van der Waals surface area contributed by atoms with E-state index in [2.05, 4.69) is 26.0 Å². The Morgan fingerprint density at radius 3 is 2.45 bits per heavy atom. The minimum Gasteiger partial charge on any atom is -0.478 e. The molecule has 3 N–H and O–H groups in total. The first-order valence-corrected chi connectivity index (χ1v) is 7.70. The van der Waals surface area contributed by atoms with Gasteiger partial charge in [0.1, 0.15) is 0 Å². The van der Waals surface area contributed by atoms with Crippen molar-refractivity contribution >= 4 is 37.8 Å². The molecule has 1 amide bonds. The highest BCUT2D eigenvalue weighted by atomic mass is 79.9. The van der Waals surface area contributed by atoms with Crippen molar-refractivity contribution in [1.29, 1.82) is 0 Å². The largest absolute Gasteiger partial charge is 0.478 e. The van der Waals surface area contributed by atoms with Gasteiger partial charge in [0, 0.05) is 11.5 Å². The molecule has 9 heteroatoms. The van der Waals surface area contributed by atoms with E-state index in [1.54, 1.807) is 6.92 Å². The lowest BCUT2D eigenvalue weighted by molar-refractivity contribution is -0.119. The summed E-state index contributed by atoms with van der Waals surface area (Å²) in [5.41, 5.74) is 0.316. The molecule has 0 aromatic heterocycles. The van der Waals surface area contributed by atoms with Crippen LogP contribution in [-0.2, 0) is 14.8 Å². The molecule has 20 heavy (non-hydrogen) atoms. The normalized spacial score (nSPS) is 11.2. The Labute approximate surface area is 124 Å². The Kier molecular flexibility index (Phi) is 5.26. The lowest BCUT2D eigenvalue weighted by Crippen LogP contribution is -2.35. The van der Waals surface area contributed by atoms with Gasteiger partial charge in [0.2, 0.25) is 15.9 Å². The third kappa shape index (κ3) is 3.78. The number of aryl methyl sites for hydroxylation is 1. The molecule has 0 aliphatic rings. The number of nitrogens with one attached hydrogen (secondary N) is 2. The van der Waals surface area contributed by atoms with Crippen LogP contribution in [0.5, 0.6) is 0 Å². The van der Waals surface area contributed by atoms with E-state index in [0.717, 1.165) is 6.07 Å². The van der Waals surface area contributed by atoms with Gasteiger partial charge in [-0.2, -0.15) is 0 Å². The Bertz CT molecular complexity index is 657. The van der Waals surface area contributed by atoms with Crippen LogP contribution in [0.3, 0.4) is 0 Å². The number of halogens is 1. The number of carboxylic acid groups (broad SMARTS) is 1. The van der Waals surface area contributed by atoms with Crippen LogP contribution in [0.4, 0.5) is 0 Å². The molecule has 7 nitrogen and oxygen atoms in total. The number of likely N-dealkylation sites (N-methyl/N-ethyl adjacent to an activating group) is 1. The van der Waals surface area contributed by atoms with Crippen LogP contribution in [0.15, 0.2) is 21.5 Å². The Balaban J connectivity index is 3.23. The van der Waals surface area contributed by atoms with Crippen molar-refractivity contribution in [2.24, 2.45) is 0 Å². The first-order chi connectivity index (χ1) is 9.19. The molecule has 0 radical (unpaired) electrons. The average molecular weight is 365 g/mol. The van der Waals surface area contributed by atoms with E-state index in [1.807, 2.05) is 0 Å². The summed E-state index contributed by atoms with van der Waals surface area (Å²) in [6, 6.07) is 2.38. The molecule has 110 valence electrons. The van der Waals surface area contributed by atoms with Crippen molar-refractivity contribution in [3.05, 3.63) is 27.7 Å². The van der Waals surface area contributed by atoms with Gasteiger partial charge in [-0.1, -0.05) is 0 Å². The summed E-state index contributed by atoms with van der Waals surface area (Å²) in [6.45, 7) is 1.15. The quantitative estimate of drug-likeness (QED) is 0.703. The second-order valence-corrected chi connectivity index (χ2v) is 6.44. The van der Waals surface area contributed by atoms with Crippen LogP contribution in [-0.4, -0.2) is 39.0 Å². The number of carbonyl (C=O) groups is 2. The third-order valence-corrected chi connectivity index (χ3v) is 5.20. The Hall–Kier alpha value is -1.45. The lowest BCUT2D eigenvalue weighted by Gasteiger charge is -2.11. The molecule has 0 bridgehead atoms. The van der Waals surface area contributed by atoms with Gasteiger partial charge in [-0.25, -0.2) is 17.9 Å². The minimum absolute atomic E-state index is 0.147. The van der Waals surface area contributed by atoms with Crippen molar-refractivity contribution in [2.75, 3.05) is 13.6 Å². The van der Waals surface area contributed by atoms with Gasteiger partial charge in [0.15, 0.2) is 0 Å². The highest BCUT2D eigenvalue weighted by molar-refractivity contribution is 9.10. The maximum absolute atomic E-state index is 12.1. The zero-order chi connectivity index (χ0) is 15.5. The first-order valence-electron chi connectivity index (χ1n) is 5.42. The summed E-state index contributed by atoms with van der Waals surface area (Å²) in [6.07, 6.45) is 0. The van der Waals surface area contributed by atoms with Gasteiger partial charge >= 0.3 is 5.97 Å². The van der Waals surface area contributed by atoms with Gasteiger partial charge in [0.05, 0.1) is 17.0 Å². The molecule has 0 spiro atoms. The minimum atomic E-state index is -4.00. The fraction of sp³-hybridized carbons (Fsp3) is 0.273. The number of benzene rings is 1. The van der Waals surface area contributed by atoms with E-state index in [-0.39, 0.29) is 14.9 Å². The highest BCUT2D eigenvalue weighted by Crippen LogP contribution is 2.27. The average Bonchev–Trinajstić information content (AvgIpc) is 2.38. The van der Waals surface area contributed by atoms with Crippen molar-refractivity contribution in [1.82, 2.24) is 10.0 Å². The third-order valence-electron chi connectivity index (χ3n) is 2.46. The summed E-state index contributed by atoms with van der Waals surface area (Å²) in [5.74, 6) is -1.74. The van der Waals surface area contributed by atoms with Crippen LogP contribution in [0.1, 0.15) is 15.9 Å². The zero-order valence-corrected chi connectivity index (χ0v) is 13.1. The fourth-order valence-corrected chi connectivity index (χ4v) is 3.41. The molecule has 1 aromatic carbocycles. The van der Waals surface area contributed by atoms with Gasteiger partial charge in [-0.15, -0.1) is 0 Å². The first kappa shape index (κ1) is 16.6. The van der Waals surface area contributed by atoms with E-state index in [9.17, 15) is 18.0 Å². The topological polar surface area (TPSA) is 113 Å². The van der Waals surface area contributed by atoms with Crippen molar-refractivity contribution in [3.63, 3.8) is 0 Å². The zero-order valence-electron chi connectivity index (χ0n) is 10.7. The van der Waals surface area contributed by atoms with E-state index in [1.165, 1.54) is 13.1 Å². The van der Waals surface area contributed by atoms with Gasteiger partial charge in [-0.05, 0) is 40.5 Å². The van der Waals surface area contributed by atoms with E-state index < -0.39 is 28.4 Å². The van der Waals surface area contributed by atoms with Crippen LogP contribution in [0.25, 0.3) is 0 Å². The second kappa shape index (κ2) is 6.33. The van der Waals surface area contributed by atoms with Crippen LogP contribution in [0, 0.1) is 6.92 Å². The summed E-state index contributed by atoms with van der Waals surface area (Å²) < 4.78 is 26.5. The molecule has 0 aliphatic heterocycles. The number of aromatic carboxylic acids is 1. The molecule has 0 unspecified atom stereocenters. The molecule has 0 heterocycles. The summed E-state index contributed by atoms with van der Waals surface area (Å²) >= 11 is 3.11. The molecule has 0 fully saturated rings. The van der Waals surface area contributed by atoms with Gasteiger partial charge < -0.3 is 10.4 Å². The predicted octanol–water partition coefficient (Wildman–Crippen LogP) is 0.480. The summed E-state index contributed by atoms with van der Waals surface area (Å²) in [4.78, 5) is 21.8. The van der Waals surface area contributed by atoms with Crippen molar-refractivity contribution in [3.8, 4) is 0 Å². The maximum atomic E-state index is 12.1. The van der Waals surface area contributed by atoms with Crippen molar-refractivity contribution in [2.45, 2.75) is 11.8 Å². The molecular formula is C11H13BrN2O5S. The number of rotatable bonds is 5.